The summed E-state index contributed by atoms with van der Waals surface area (Å²) in [4.78, 5) is 11.8. The van der Waals surface area contributed by atoms with E-state index in [9.17, 15) is 4.79 Å². The fraction of sp³-hybridized carbons (Fsp3) is 0.818. The average molecular weight is 210 g/mol. The van der Waals surface area contributed by atoms with Crippen LogP contribution in [0.25, 0.3) is 0 Å². The maximum Gasteiger partial charge on any atom is 0.240 e. The number of rotatable bonds is 3. The molecule has 0 aromatic carbocycles. The highest BCUT2D eigenvalue weighted by atomic mass is 16.3. The Hall–Kier alpha value is -1.08. The highest BCUT2D eigenvalue weighted by Gasteiger charge is 2.39. The van der Waals surface area contributed by atoms with Crippen LogP contribution in [0.2, 0.25) is 0 Å². The van der Waals surface area contributed by atoms with Crippen LogP contribution in [0, 0.1) is 16.7 Å². The molecule has 1 rings (SSSR count). The molecule has 1 atom stereocenters. The molecule has 15 heavy (non-hydrogen) atoms. The lowest BCUT2D eigenvalue weighted by Crippen LogP contribution is -2.43. The Labute approximate surface area is 90.3 Å². The number of nitrogens with zero attached hydrogens (tertiary/aromatic N) is 1. The smallest absolute Gasteiger partial charge is 0.240 e. The number of aliphatic hydroxyl groups excluding tert-OH is 1. The topological polar surface area (TPSA) is 73.1 Å². The van der Waals surface area contributed by atoms with Gasteiger partial charge in [-0.3, -0.25) is 4.79 Å². The normalized spacial score (nSPS) is 21.4. The van der Waals surface area contributed by atoms with Crippen molar-refractivity contribution in [1.29, 1.82) is 5.26 Å². The minimum Gasteiger partial charge on any atom is -0.392 e. The monoisotopic (exact) mass is 210 g/mol. The second-order valence-corrected chi connectivity index (χ2v) is 4.31. The van der Waals surface area contributed by atoms with Crippen molar-refractivity contribution in [2.75, 3.05) is 6.54 Å². The van der Waals surface area contributed by atoms with E-state index in [0.29, 0.717) is 12.8 Å². The minimum atomic E-state index is -0.840. The summed E-state index contributed by atoms with van der Waals surface area (Å²) in [6, 6.07) is 2.15. The van der Waals surface area contributed by atoms with Gasteiger partial charge >= 0.3 is 0 Å². The zero-order chi connectivity index (χ0) is 11.3. The van der Waals surface area contributed by atoms with Gasteiger partial charge in [-0.15, -0.1) is 0 Å². The molecule has 0 unspecified atom stereocenters. The molecular formula is C11H18N2O2. The van der Waals surface area contributed by atoms with E-state index in [1.54, 1.807) is 6.92 Å². The van der Waals surface area contributed by atoms with Crippen LogP contribution < -0.4 is 5.32 Å². The molecule has 0 saturated heterocycles. The Morgan fingerprint density at radius 1 is 1.53 bits per heavy atom. The summed E-state index contributed by atoms with van der Waals surface area (Å²) in [5, 5.41) is 20.8. The molecule has 1 amide bonds. The Balaban J connectivity index is 2.57. The van der Waals surface area contributed by atoms with E-state index < -0.39 is 11.5 Å². The van der Waals surface area contributed by atoms with Crippen LogP contribution in [-0.4, -0.2) is 23.7 Å². The molecule has 1 saturated carbocycles. The number of hydrogen-bond donors (Lipinski definition) is 2. The summed E-state index contributed by atoms with van der Waals surface area (Å²) in [6.45, 7) is 1.84. The molecule has 1 aliphatic carbocycles. The zero-order valence-corrected chi connectivity index (χ0v) is 9.12. The van der Waals surface area contributed by atoms with Crippen LogP contribution in [0.5, 0.6) is 0 Å². The van der Waals surface area contributed by atoms with Crippen LogP contribution in [0.3, 0.4) is 0 Å². The van der Waals surface area contributed by atoms with Gasteiger partial charge in [-0.25, -0.2) is 0 Å². The van der Waals surface area contributed by atoms with E-state index in [-0.39, 0.29) is 12.5 Å². The van der Waals surface area contributed by atoms with Crippen LogP contribution in [-0.2, 0) is 4.79 Å². The fourth-order valence-electron chi connectivity index (χ4n) is 1.95. The third kappa shape index (κ3) is 2.93. The van der Waals surface area contributed by atoms with Crippen LogP contribution in [0.15, 0.2) is 0 Å². The van der Waals surface area contributed by atoms with Gasteiger partial charge in [-0.1, -0.05) is 19.3 Å². The zero-order valence-electron chi connectivity index (χ0n) is 9.12. The lowest BCUT2D eigenvalue weighted by atomic mass is 9.74. The number of carbonyl (C=O) groups excluding carboxylic acids is 1. The Morgan fingerprint density at radius 3 is 2.60 bits per heavy atom. The SMILES string of the molecule is C[C@@H](O)CNC(=O)C1(C#N)CCCCC1. The van der Waals surface area contributed by atoms with E-state index in [1.165, 1.54) is 0 Å². The number of carbonyl (C=O) groups is 1. The molecule has 0 bridgehead atoms. The molecular weight excluding hydrogens is 192 g/mol. The van der Waals surface area contributed by atoms with E-state index in [2.05, 4.69) is 11.4 Å². The Bertz CT molecular complexity index is 262. The lowest BCUT2D eigenvalue weighted by Gasteiger charge is -2.29. The van der Waals surface area contributed by atoms with Gasteiger partial charge < -0.3 is 10.4 Å². The molecule has 4 nitrogen and oxygen atoms in total. The van der Waals surface area contributed by atoms with Crippen LogP contribution in [0.4, 0.5) is 0 Å². The third-order valence-corrected chi connectivity index (χ3v) is 2.91. The van der Waals surface area contributed by atoms with Crippen molar-refractivity contribution in [2.45, 2.75) is 45.1 Å². The van der Waals surface area contributed by atoms with Crippen molar-refractivity contribution >= 4 is 5.91 Å². The van der Waals surface area contributed by atoms with Gasteiger partial charge in [0.2, 0.25) is 5.91 Å². The standard InChI is InChI=1S/C11H18N2O2/c1-9(14)7-13-10(15)11(8-12)5-3-2-4-6-11/h9,14H,2-7H2,1H3,(H,13,15)/t9-/m1/s1. The quantitative estimate of drug-likeness (QED) is 0.728. The number of hydrogen-bond acceptors (Lipinski definition) is 3. The van der Waals surface area contributed by atoms with Gasteiger partial charge in [0.05, 0.1) is 12.2 Å². The molecule has 1 fully saturated rings. The molecule has 4 heteroatoms. The molecule has 2 N–H and O–H groups in total. The Morgan fingerprint density at radius 2 is 2.13 bits per heavy atom. The molecule has 0 radical (unpaired) electrons. The summed E-state index contributed by atoms with van der Waals surface area (Å²) in [5.41, 5.74) is -0.840. The first kappa shape index (κ1) is 12.0. The second-order valence-electron chi connectivity index (χ2n) is 4.31. The summed E-state index contributed by atoms with van der Waals surface area (Å²) < 4.78 is 0. The molecule has 0 heterocycles. The third-order valence-electron chi connectivity index (χ3n) is 2.91. The fourth-order valence-corrected chi connectivity index (χ4v) is 1.95. The first-order valence-electron chi connectivity index (χ1n) is 5.48. The van der Waals surface area contributed by atoms with E-state index in [4.69, 9.17) is 10.4 Å². The summed E-state index contributed by atoms with van der Waals surface area (Å²) >= 11 is 0. The molecule has 0 aromatic heterocycles. The van der Waals surface area contributed by atoms with Crippen molar-refractivity contribution in [3.63, 3.8) is 0 Å². The van der Waals surface area contributed by atoms with Gasteiger partial charge in [-0.05, 0) is 19.8 Å². The molecule has 0 aromatic rings. The first-order chi connectivity index (χ1) is 7.10. The maximum atomic E-state index is 11.8. The molecule has 1 aliphatic rings. The number of aliphatic hydroxyl groups is 1. The highest BCUT2D eigenvalue weighted by molar-refractivity contribution is 5.85. The van der Waals surface area contributed by atoms with Gasteiger partial charge in [0.25, 0.3) is 0 Å². The molecule has 84 valence electrons. The lowest BCUT2D eigenvalue weighted by molar-refractivity contribution is -0.130. The number of nitrogens with one attached hydrogen (secondary N) is 1. The minimum absolute atomic E-state index is 0.217. The highest BCUT2D eigenvalue weighted by Crippen LogP contribution is 2.35. The molecule has 0 spiro atoms. The van der Waals surface area contributed by atoms with Crippen LogP contribution in [0.1, 0.15) is 39.0 Å². The van der Waals surface area contributed by atoms with Crippen molar-refractivity contribution in [1.82, 2.24) is 5.32 Å². The predicted molar refractivity (Wildman–Crippen MR) is 55.8 cm³/mol. The van der Waals surface area contributed by atoms with Gasteiger partial charge in [-0.2, -0.15) is 5.26 Å². The largest absolute Gasteiger partial charge is 0.392 e. The first-order valence-corrected chi connectivity index (χ1v) is 5.48. The summed E-state index contributed by atoms with van der Waals surface area (Å²) in [7, 11) is 0. The molecule has 0 aliphatic heterocycles. The van der Waals surface area contributed by atoms with Gasteiger partial charge in [0.1, 0.15) is 5.41 Å². The van der Waals surface area contributed by atoms with E-state index in [1.807, 2.05) is 0 Å². The Kier molecular flexibility index (Phi) is 4.10. The summed E-state index contributed by atoms with van der Waals surface area (Å²) in [5.74, 6) is -0.217. The number of nitriles is 1. The van der Waals surface area contributed by atoms with E-state index in [0.717, 1.165) is 19.3 Å². The second kappa shape index (κ2) is 5.13. The average Bonchev–Trinajstić information content (AvgIpc) is 2.26. The van der Waals surface area contributed by atoms with Crippen molar-refractivity contribution in [3.8, 4) is 6.07 Å². The maximum absolute atomic E-state index is 11.8. The predicted octanol–water partition coefficient (Wildman–Crippen LogP) is 0.957. The van der Waals surface area contributed by atoms with Crippen molar-refractivity contribution < 1.29 is 9.90 Å². The summed E-state index contributed by atoms with van der Waals surface area (Å²) in [6.07, 6.45) is 3.72. The van der Waals surface area contributed by atoms with Gasteiger partial charge in [0.15, 0.2) is 0 Å². The van der Waals surface area contributed by atoms with Crippen molar-refractivity contribution in [2.24, 2.45) is 5.41 Å². The van der Waals surface area contributed by atoms with Crippen LogP contribution >= 0.6 is 0 Å². The van der Waals surface area contributed by atoms with E-state index >= 15 is 0 Å². The van der Waals surface area contributed by atoms with Gasteiger partial charge in [0, 0.05) is 6.54 Å². The van der Waals surface area contributed by atoms with Crippen molar-refractivity contribution in [3.05, 3.63) is 0 Å². The number of amides is 1.